The van der Waals surface area contributed by atoms with Crippen molar-refractivity contribution in [2.45, 2.75) is 27.2 Å². The Hall–Kier alpha value is -4.15. The summed E-state index contributed by atoms with van der Waals surface area (Å²) in [6.45, 7) is 19.8. The third kappa shape index (κ3) is 72.2. The Morgan fingerprint density at radius 2 is 0.634 bits per heavy atom. The van der Waals surface area contributed by atoms with Gasteiger partial charge in [0.25, 0.3) is 0 Å². The number of carbonyl (C=O) groups is 5. The summed E-state index contributed by atoms with van der Waals surface area (Å²) in [6, 6.07) is 0. The van der Waals surface area contributed by atoms with E-state index in [1.165, 1.54) is 0 Å². The van der Waals surface area contributed by atoms with Gasteiger partial charge in [-0.3, -0.25) is 0 Å². The van der Waals surface area contributed by atoms with Crippen molar-refractivity contribution in [1.82, 2.24) is 0 Å². The summed E-state index contributed by atoms with van der Waals surface area (Å²) in [4.78, 5) is 46.2. The Morgan fingerprint density at radius 1 is 0.488 bits per heavy atom. The van der Waals surface area contributed by atoms with Gasteiger partial charge >= 0.3 is 29.8 Å². The van der Waals surface area contributed by atoms with Crippen LogP contribution in [0.3, 0.4) is 0 Å². The smallest absolute Gasteiger partial charge is 0.327 e. The second-order valence-corrected chi connectivity index (χ2v) is 7.52. The molecule has 0 aromatic rings. The Bertz CT molecular complexity index is 624. The molecule has 0 amide bonds. The van der Waals surface area contributed by atoms with Crippen molar-refractivity contribution in [3.63, 3.8) is 0 Å². The van der Waals surface area contributed by atoms with Crippen molar-refractivity contribution in [2.24, 2.45) is 10.8 Å². The number of rotatable bonds is 11. The fraction of sp³-hybridized carbons (Fsp3) is 0.423. The van der Waals surface area contributed by atoms with Crippen LogP contribution in [0.2, 0.25) is 0 Å². The monoisotopic (exact) mass is 598 g/mol. The van der Waals surface area contributed by atoms with Gasteiger partial charge in [-0.05, 0) is 6.42 Å². The van der Waals surface area contributed by atoms with Crippen LogP contribution in [0.15, 0.2) is 63.3 Å². The first kappa shape index (κ1) is 53.2. The molecule has 240 valence electrons. The van der Waals surface area contributed by atoms with E-state index in [0.29, 0.717) is 6.42 Å². The topological polar surface area (TPSA) is 288 Å². The van der Waals surface area contributed by atoms with Crippen LogP contribution in [-0.4, -0.2) is 114 Å². The van der Waals surface area contributed by atoms with Crippen LogP contribution in [0, 0.1) is 10.8 Å². The van der Waals surface area contributed by atoms with Crippen molar-refractivity contribution < 1.29 is 75.0 Å². The Kier molecular flexibility index (Phi) is 49.3. The minimum absolute atomic E-state index is 0.0451. The second-order valence-electron chi connectivity index (χ2n) is 7.52. The highest BCUT2D eigenvalue weighted by molar-refractivity contribution is 5.80. The van der Waals surface area contributed by atoms with Gasteiger partial charge in [0.1, 0.15) is 0 Å². The summed E-state index contributed by atoms with van der Waals surface area (Å²) in [5.74, 6) is -4.91. The molecule has 0 fully saturated rings. The number of hydrogen-bond donors (Lipinski definition) is 10. The van der Waals surface area contributed by atoms with E-state index in [1.807, 2.05) is 6.92 Å². The predicted octanol–water partition coefficient (Wildman–Crippen LogP) is 0.642. The third-order valence-corrected chi connectivity index (χ3v) is 3.49. The van der Waals surface area contributed by atoms with E-state index in [1.54, 1.807) is 13.8 Å². The minimum Gasteiger partial charge on any atom is -0.478 e. The normalized spacial score (nSPS) is 8.59. The molecule has 0 saturated heterocycles. The zero-order valence-electron chi connectivity index (χ0n) is 23.7. The lowest BCUT2D eigenvalue weighted by Crippen LogP contribution is -2.32. The fourth-order valence-corrected chi connectivity index (χ4v) is 0.535. The van der Waals surface area contributed by atoms with Crippen LogP contribution in [0.4, 0.5) is 0 Å². The molecule has 0 heterocycles. The molecule has 0 aliphatic heterocycles. The lowest BCUT2D eigenvalue weighted by atomic mass is 9.88. The Morgan fingerprint density at radius 3 is 0.634 bits per heavy atom. The van der Waals surface area contributed by atoms with Gasteiger partial charge in [0.05, 0.1) is 33.0 Å². The Balaban J connectivity index is -0.0000000668. The van der Waals surface area contributed by atoms with Crippen LogP contribution in [0.1, 0.15) is 27.2 Å². The van der Waals surface area contributed by atoms with Gasteiger partial charge in [0.15, 0.2) is 0 Å². The van der Waals surface area contributed by atoms with Crippen LogP contribution < -0.4 is 0 Å². The number of aliphatic hydroxyl groups is 5. The van der Waals surface area contributed by atoms with E-state index in [4.69, 9.17) is 51.1 Å². The van der Waals surface area contributed by atoms with Gasteiger partial charge in [0.2, 0.25) is 0 Å². The summed E-state index contributed by atoms with van der Waals surface area (Å²) in [6.07, 6.45) is 4.76. The molecule has 0 bridgehead atoms. The molecular formula is C26H46O15. The minimum atomic E-state index is -0.981. The van der Waals surface area contributed by atoms with Crippen molar-refractivity contribution in [2.75, 3.05) is 33.0 Å². The van der Waals surface area contributed by atoms with Crippen molar-refractivity contribution >= 4 is 29.8 Å². The lowest BCUT2D eigenvalue weighted by molar-refractivity contribution is -0.132. The average Bonchev–Trinajstić information content (AvgIpc) is 2.96. The zero-order valence-corrected chi connectivity index (χ0v) is 23.7. The molecule has 15 nitrogen and oxygen atoms in total. The number of hydrogen-bond acceptors (Lipinski definition) is 10. The maximum Gasteiger partial charge on any atom is 0.327 e. The predicted molar refractivity (Wildman–Crippen MR) is 151 cm³/mol. The molecule has 0 unspecified atom stereocenters. The van der Waals surface area contributed by atoms with E-state index in [-0.39, 0.29) is 38.4 Å². The molecule has 0 saturated carbocycles. The first-order valence-corrected chi connectivity index (χ1v) is 11.0. The summed E-state index contributed by atoms with van der Waals surface area (Å²) >= 11 is 0. The van der Waals surface area contributed by atoms with Crippen LogP contribution in [0.25, 0.3) is 0 Å². The average molecular weight is 599 g/mol. The molecule has 0 spiro atoms. The molecule has 0 radical (unpaired) electrons. The highest BCUT2D eigenvalue weighted by Gasteiger charge is 2.24. The number of carboxylic acid groups (broad SMARTS) is 5. The standard InChI is InChI=1S/C6H14O3.C5H12O2.5C3H4O2/c1-2-6(3-7,4-8)5-9;1-5(2,3-6)4-7;5*1-2-3(4)5/h7-9H,2-5H2,1H3;6-7H,3-4H2,1-2H3;5*2H,1H2,(H,4,5). The maximum absolute atomic E-state index is 9.25. The Labute approximate surface area is 239 Å². The van der Waals surface area contributed by atoms with Gasteiger partial charge in [-0.2, -0.15) is 0 Å². The van der Waals surface area contributed by atoms with Gasteiger partial charge in [-0.1, -0.05) is 53.7 Å². The van der Waals surface area contributed by atoms with Crippen molar-refractivity contribution in [3.05, 3.63) is 63.3 Å². The van der Waals surface area contributed by atoms with Crippen molar-refractivity contribution in [3.8, 4) is 0 Å². The lowest BCUT2D eigenvalue weighted by Gasteiger charge is -2.24. The highest BCUT2D eigenvalue weighted by atomic mass is 16.4. The molecule has 0 aliphatic rings. The zero-order chi connectivity index (χ0) is 34.7. The summed E-state index contributed by atoms with van der Waals surface area (Å²) in [5, 5.41) is 80.9. The molecule has 0 atom stereocenters. The largest absolute Gasteiger partial charge is 0.478 e. The molecule has 41 heavy (non-hydrogen) atoms. The van der Waals surface area contributed by atoms with Gasteiger partial charge in [-0.25, -0.2) is 24.0 Å². The summed E-state index contributed by atoms with van der Waals surface area (Å²) < 4.78 is 0. The SMILES string of the molecule is C=CC(=O)O.C=CC(=O)O.C=CC(=O)O.C=CC(=O)O.C=CC(=O)O.CC(C)(CO)CO.CCC(CO)(CO)CO. The van der Waals surface area contributed by atoms with Gasteiger partial charge in [0, 0.05) is 41.2 Å². The highest BCUT2D eigenvalue weighted by Crippen LogP contribution is 2.18. The van der Waals surface area contributed by atoms with Crippen molar-refractivity contribution in [1.29, 1.82) is 0 Å². The number of aliphatic carboxylic acids is 5. The molecule has 15 heteroatoms. The van der Waals surface area contributed by atoms with Gasteiger partial charge < -0.3 is 51.1 Å². The van der Waals surface area contributed by atoms with Crippen LogP contribution in [0.5, 0.6) is 0 Å². The van der Waals surface area contributed by atoms with Gasteiger partial charge in [-0.15, -0.1) is 0 Å². The first-order chi connectivity index (χ1) is 18.7. The molecule has 10 N–H and O–H groups in total. The van der Waals surface area contributed by atoms with E-state index >= 15 is 0 Å². The fourth-order valence-electron chi connectivity index (χ4n) is 0.535. The maximum atomic E-state index is 9.25. The van der Waals surface area contributed by atoms with E-state index in [2.05, 4.69) is 32.9 Å². The second kappa shape index (κ2) is 38.0. The molecule has 0 aliphatic carbocycles. The number of carboxylic acids is 5. The quantitative estimate of drug-likeness (QED) is 0.146. The third-order valence-electron chi connectivity index (χ3n) is 3.49. The molecule has 0 aromatic heterocycles. The number of aliphatic hydroxyl groups excluding tert-OH is 5. The van der Waals surface area contributed by atoms with E-state index in [9.17, 15) is 24.0 Å². The van der Waals surface area contributed by atoms with E-state index < -0.39 is 35.3 Å². The van der Waals surface area contributed by atoms with Crippen LogP contribution in [-0.2, 0) is 24.0 Å². The molecule has 0 aromatic carbocycles. The first-order valence-electron chi connectivity index (χ1n) is 11.0. The van der Waals surface area contributed by atoms with Crippen LogP contribution >= 0.6 is 0 Å². The van der Waals surface area contributed by atoms with E-state index in [0.717, 1.165) is 30.4 Å². The summed E-state index contributed by atoms with van der Waals surface area (Å²) in [5.41, 5.74) is -0.972. The summed E-state index contributed by atoms with van der Waals surface area (Å²) in [7, 11) is 0. The molecular weight excluding hydrogens is 552 g/mol. The molecule has 0 rings (SSSR count).